The van der Waals surface area contributed by atoms with Crippen LogP contribution in [0.1, 0.15) is 17.5 Å². The maximum Gasteiger partial charge on any atom is 0.0900 e. The summed E-state index contributed by atoms with van der Waals surface area (Å²) >= 11 is 0. The van der Waals surface area contributed by atoms with Gasteiger partial charge in [0.25, 0.3) is 0 Å². The first-order chi connectivity index (χ1) is 10.7. The smallest absolute Gasteiger partial charge is 0.0900 e. The molecule has 0 spiro atoms. The van der Waals surface area contributed by atoms with Crippen molar-refractivity contribution < 1.29 is 14.6 Å². The Morgan fingerprint density at radius 2 is 2.23 bits per heavy atom. The number of ether oxygens (including phenoxy) is 2. The van der Waals surface area contributed by atoms with Crippen LogP contribution in [0.5, 0.6) is 0 Å². The van der Waals surface area contributed by atoms with Gasteiger partial charge in [-0.3, -0.25) is 4.90 Å². The van der Waals surface area contributed by atoms with Gasteiger partial charge in [-0.2, -0.15) is 0 Å². The lowest BCUT2D eigenvalue weighted by atomic mass is 10.1. The second-order valence-corrected chi connectivity index (χ2v) is 5.55. The molecule has 1 atom stereocenters. The van der Waals surface area contributed by atoms with Gasteiger partial charge in [0.2, 0.25) is 0 Å². The zero-order chi connectivity index (χ0) is 16.2. The topological polar surface area (TPSA) is 41.9 Å². The molecule has 0 bridgehead atoms. The van der Waals surface area contributed by atoms with Crippen LogP contribution in [0.15, 0.2) is 36.9 Å². The first-order valence-electron chi connectivity index (χ1n) is 7.79. The zero-order valence-electron chi connectivity index (χ0n) is 13.8. The van der Waals surface area contributed by atoms with Crippen LogP contribution in [0.2, 0.25) is 0 Å². The van der Waals surface area contributed by atoms with Crippen molar-refractivity contribution in [3.8, 4) is 0 Å². The van der Waals surface area contributed by atoms with Crippen LogP contribution in [-0.4, -0.2) is 56.1 Å². The van der Waals surface area contributed by atoms with Crippen LogP contribution in [0, 0.1) is 6.92 Å². The number of aliphatic hydroxyl groups is 1. The third kappa shape index (κ3) is 8.29. The maximum atomic E-state index is 10.1. The van der Waals surface area contributed by atoms with Crippen LogP contribution in [0.25, 0.3) is 0 Å². The highest BCUT2D eigenvalue weighted by molar-refractivity contribution is 5.22. The van der Waals surface area contributed by atoms with Gasteiger partial charge in [-0.05, 0) is 18.9 Å². The number of benzene rings is 1. The number of aryl methyl sites for hydroxylation is 1. The lowest BCUT2D eigenvalue weighted by molar-refractivity contribution is 0.0229. The van der Waals surface area contributed by atoms with Gasteiger partial charge in [0, 0.05) is 33.4 Å². The molecule has 1 N–H and O–H groups in total. The predicted octanol–water partition coefficient (Wildman–Crippen LogP) is 2.40. The Balaban J connectivity index is 2.52. The second-order valence-electron chi connectivity index (χ2n) is 5.55. The second kappa shape index (κ2) is 11.4. The number of nitrogens with zero attached hydrogens (tertiary/aromatic N) is 1. The number of rotatable bonds is 12. The minimum absolute atomic E-state index is 0.334. The molecule has 0 aliphatic rings. The molecule has 0 heterocycles. The first kappa shape index (κ1) is 18.8. The molecule has 0 unspecified atom stereocenters. The van der Waals surface area contributed by atoms with E-state index in [-0.39, 0.29) is 0 Å². The van der Waals surface area contributed by atoms with Crippen molar-refractivity contribution in [3.05, 3.63) is 48.0 Å². The monoisotopic (exact) mass is 307 g/mol. The van der Waals surface area contributed by atoms with Gasteiger partial charge >= 0.3 is 0 Å². The molecule has 0 aliphatic carbocycles. The van der Waals surface area contributed by atoms with E-state index in [2.05, 4.69) is 42.7 Å². The summed E-state index contributed by atoms with van der Waals surface area (Å²) in [6.45, 7) is 9.53. The van der Waals surface area contributed by atoms with Crippen molar-refractivity contribution in [1.82, 2.24) is 4.90 Å². The van der Waals surface area contributed by atoms with Gasteiger partial charge < -0.3 is 14.6 Å². The summed E-state index contributed by atoms with van der Waals surface area (Å²) in [6, 6.07) is 8.47. The molecule has 0 saturated carbocycles. The highest BCUT2D eigenvalue weighted by atomic mass is 16.5. The van der Waals surface area contributed by atoms with Gasteiger partial charge in [0.15, 0.2) is 0 Å². The van der Waals surface area contributed by atoms with Gasteiger partial charge in [-0.15, -0.1) is 6.58 Å². The molecule has 4 heteroatoms. The minimum atomic E-state index is -0.493. The summed E-state index contributed by atoms with van der Waals surface area (Å²) in [7, 11) is 1.71. The lowest BCUT2D eigenvalue weighted by Gasteiger charge is -2.25. The minimum Gasteiger partial charge on any atom is -0.389 e. The molecule has 1 aromatic rings. The highest BCUT2D eigenvalue weighted by Gasteiger charge is 2.12. The average Bonchev–Trinajstić information content (AvgIpc) is 2.47. The van der Waals surface area contributed by atoms with E-state index >= 15 is 0 Å². The van der Waals surface area contributed by atoms with Gasteiger partial charge in [0.05, 0.1) is 19.3 Å². The van der Waals surface area contributed by atoms with Crippen LogP contribution < -0.4 is 0 Å². The third-order valence-corrected chi connectivity index (χ3v) is 3.33. The van der Waals surface area contributed by atoms with Crippen LogP contribution in [0.4, 0.5) is 0 Å². The van der Waals surface area contributed by atoms with Crippen molar-refractivity contribution in [2.45, 2.75) is 26.0 Å². The Bertz CT molecular complexity index is 423. The molecule has 0 fully saturated rings. The van der Waals surface area contributed by atoms with Crippen LogP contribution in [-0.2, 0) is 16.0 Å². The first-order valence-corrected chi connectivity index (χ1v) is 7.79. The fourth-order valence-corrected chi connectivity index (χ4v) is 2.37. The Morgan fingerprint density at radius 3 is 2.91 bits per heavy atom. The molecular formula is C18H29NO3. The summed E-state index contributed by atoms with van der Waals surface area (Å²) in [5.74, 6) is 0. The highest BCUT2D eigenvalue weighted by Crippen LogP contribution is 2.09. The van der Waals surface area contributed by atoms with Crippen molar-refractivity contribution >= 4 is 0 Å². The molecule has 0 aromatic heterocycles. The summed E-state index contributed by atoms with van der Waals surface area (Å²) < 4.78 is 10.4. The number of hydrogen-bond donors (Lipinski definition) is 1. The molecule has 1 rings (SSSR count). The zero-order valence-corrected chi connectivity index (χ0v) is 13.8. The third-order valence-electron chi connectivity index (χ3n) is 3.33. The number of methoxy groups -OCH3 is 1. The molecule has 1 aromatic carbocycles. The molecule has 124 valence electrons. The summed E-state index contributed by atoms with van der Waals surface area (Å²) in [6.07, 6.45) is 2.14. The van der Waals surface area contributed by atoms with Crippen molar-refractivity contribution in [2.24, 2.45) is 0 Å². The van der Waals surface area contributed by atoms with E-state index in [4.69, 9.17) is 9.47 Å². The maximum absolute atomic E-state index is 10.1. The van der Waals surface area contributed by atoms with Crippen molar-refractivity contribution in [2.75, 3.05) is 40.0 Å². The fraction of sp³-hybridized carbons (Fsp3) is 0.556. The Morgan fingerprint density at radius 1 is 1.41 bits per heavy atom. The van der Waals surface area contributed by atoms with E-state index in [9.17, 15) is 5.11 Å². The van der Waals surface area contributed by atoms with Crippen molar-refractivity contribution in [1.29, 1.82) is 0 Å². The summed E-state index contributed by atoms with van der Waals surface area (Å²) in [4.78, 5) is 2.25. The predicted molar refractivity (Wildman–Crippen MR) is 90.0 cm³/mol. The van der Waals surface area contributed by atoms with Crippen LogP contribution in [0.3, 0.4) is 0 Å². The summed E-state index contributed by atoms with van der Waals surface area (Å²) in [5.41, 5.74) is 2.51. The molecule has 22 heavy (non-hydrogen) atoms. The standard InChI is InChI=1S/C18H29NO3/c1-4-10-22-15-18(20)14-19(9-6-11-21-3)13-17-8-5-7-16(2)12-17/h4-5,7-8,12,18,20H,1,6,9-11,13-15H2,2-3H3/t18-/m0/s1. The van der Waals surface area contributed by atoms with E-state index < -0.39 is 6.10 Å². The fourth-order valence-electron chi connectivity index (χ4n) is 2.37. The van der Waals surface area contributed by atoms with Crippen LogP contribution >= 0.6 is 0 Å². The molecular weight excluding hydrogens is 278 g/mol. The van der Waals surface area contributed by atoms with E-state index in [1.54, 1.807) is 13.2 Å². The van der Waals surface area contributed by atoms with Gasteiger partial charge in [-0.25, -0.2) is 0 Å². The quantitative estimate of drug-likeness (QED) is 0.475. The number of hydrogen-bond acceptors (Lipinski definition) is 4. The molecule has 0 aliphatic heterocycles. The van der Waals surface area contributed by atoms with Crippen molar-refractivity contribution in [3.63, 3.8) is 0 Å². The van der Waals surface area contributed by atoms with E-state index in [1.165, 1.54) is 11.1 Å². The normalized spacial score (nSPS) is 12.5. The molecule has 0 radical (unpaired) electrons. The Hall–Kier alpha value is -1.20. The van der Waals surface area contributed by atoms with E-state index in [0.717, 1.165) is 26.1 Å². The van der Waals surface area contributed by atoms with Gasteiger partial charge in [0.1, 0.15) is 0 Å². The largest absolute Gasteiger partial charge is 0.389 e. The summed E-state index contributed by atoms with van der Waals surface area (Å²) in [5, 5.41) is 10.1. The lowest BCUT2D eigenvalue weighted by Crippen LogP contribution is -2.35. The average molecular weight is 307 g/mol. The number of aliphatic hydroxyl groups excluding tert-OH is 1. The SMILES string of the molecule is C=CCOC[C@@H](O)CN(CCCOC)Cc1cccc(C)c1. The molecule has 0 amide bonds. The Kier molecular flexibility index (Phi) is 9.75. The Labute approximate surface area is 134 Å². The molecule has 4 nitrogen and oxygen atoms in total. The van der Waals surface area contributed by atoms with E-state index in [0.29, 0.717) is 19.8 Å². The van der Waals surface area contributed by atoms with Gasteiger partial charge in [-0.1, -0.05) is 35.9 Å². The molecule has 0 saturated heterocycles. The van der Waals surface area contributed by atoms with E-state index in [1.807, 2.05) is 0 Å².